The zero-order valence-corrected chi connectivity index (χ0v) is 10.8. The fourth-order valence-corrected chi connectivity index (χ4v) is 2.98. The van der Waals surface area contributed by atoms with Crippen LogP contribution in [0.5, 0.6) is 0 Å². The number of anilines is 1. The highest BCUT2D eigenvalue weighted by Crippen LogP contribution is 2.27. The molecule has 3 aromatic rings. The maximum absolute atomic E-state index is 13.5. The number of hydrogen-bond donors (Lipinski definition) is 1. The number of benzene rings is 2. The van der Waals surface area contributed by atoms with Gasteiger partial charge in [-0.3, -0.25) is 0 Å². The number of para-hydroxylation sites is 1. The number of thiophene rings is 1. The molecule has 0 bridgehead atoms. The molecule has 0 amide bonds. The molecule has 1 nitrogen and oxygen atoms in total. The van der Waals surface area contributed by atoms with E-state index in [4.69, 9.17) is 0 Å². The second kappa shape index (κ2) is 4.97. The van der Waals surface area contributed by atoms with Crippen LogP contribution >= 0.6 is 11.3 Å². The lowest BCUT2D eigenvalue weighted by Gasteiger charge is -2.08. The Morgan fingerprint density at radius 1 is 0.947 bits per heavy atom. The predicted octanol–water partition coefficient (Wildman–Crippen LogP) is 4.79. The molecule has 0 saturated carbocycles. The predicted molar refractivity (Wildman–Crippen MR) is 75.5 cm³/mol. The number of nitrogens with one attached hydrogen (secondary N) is 1. The van der Waals surface area contributed by atoms with Crippen molar-refractivity contribution in [2.45, 2.75) is 6.54 Å². The lowest BCUT2D eigenvalue weighted by molar-refractivity contribution is 0.588. The molecule has 0 aliphatic heterocycles. The van der Waals surface area contributed by atoms with Crippen molar-refractivity contribution in [3.05, 3.63) is 65.0 Å². The Balaban J connectivity index is 1.87. The quantitative estimate of drug-likeness (QED) is 0.724. The minimum absolute atomic E-state index is 0.0715. The lowest BCUT2D eigenvalue weighted by atomic mass is 10.2. The Kier molecular flexibility index (Phi) is 3.17. The first-order valence-electron chi connectivity index (χ1n) is 5.88. The summed E-state index contributed by atoms with van der Waals surface area (Å²) in [5, 5.41) is 5.96. The molecule has 0 radical (unpaired) electrons. The third-order valence-corrected chi connectivity index (χ3v) is 3.99. The Morgan fingerprint density at radius 3 is 2.47 bits per heavy atom. The minimum atomic E-state index is -0.570. The van der Waals surface area contributed by atoms with Crippen molar-refractivity contribution >= 4 is 27.1 Å². The SMILES string of the molecule is Fc1cccc(F)c1NCc1csc2ccccc12. The van der Waals surface area contributed by atoms with Crippen LogP contribution in [0.2, 0.25) is 0 Å². The van der Waals surface area contributed by atoms with Crippen LogP contribution in [0.4, 0.5) is 14.5 Å². The fraction of sp³-hybridized carbons (Fsp3) is 0.0667. The number of hydrogen-bond acceptors (Lipinski definition) is 2. The molecule has 1 aromatic heterocycles. The first-order chi connectivity index (χ1) is 9.25. The molecule has 4 heteroatoms. The molecule has 0 aliphatic rings. The summed E-state index contributed by atoms with van der Waals surface area (Å²) in [6.45, 7) is 0.405. The van der Waals surface area contributed by atoms with Crippen LogP contribution in [0.3, 0.4) is 0 Å². The molecular weight excluding hydrogens is 264 g/mol. The number of rotatable bonds is 3. The molecule has 3 rings (SSSR count). The van der Waals surface area contributed by atoms with E-state index in [1.54, 1.807) is 11.3 Å². The average Bonchev–Trinajstić information content (AvgIpc) is 2.82. The minimum Gasteiger partial charge on any atom is -0.376 e. The molecule has 0 unspecified atom stereocenters. The summed E-state index contributed by atoms with van der Waals surface area (Å²) in [6.07, 6.45) is 0. The van der Waals surface area contributed by atoms with Gasteiger partial charge in [0.2, 0.25) is 0 Å². The summed E-state index contributed by atoms with van der Waals surface area (Å²) in [7, 11) is 0. The number of fused-ring (bicyclic) bond motifs is 1. The summed E-state index contributed by atoms with van der Waals surface area (Å²) < 4.78 is 28.2. The van der Waals surface area contributed by atoms with E-state index in [-0.39, 0.29) is 5.69 Å². The second-order valence-corrected chi connectivity index (χ2v) is 5.12. The molecule has 0 saturated heterocycles. The molecule has 19 heavy (non-hydrogen) atoms. The summed E-state index contributed by atoms with van der Waals surface area (Å²) in [4.78, 5) is 0. The van der Waals surface area contributed by atoms with Gasteiger partial charge in [-0.25, -0.2) is 8.78 Å². The zero-order chi connectivity index (χ0) is 13.2. The van der Waals surface area contributed by atoms with Gasteiger partial charge in [0, 0.05) is 11.2 Å². The first-order valence-corrected chi connectivity index (χ1v) is 6.76. The lowest BCUT2D eigenvalue weighted by Crippen LogP contribution is -2.03. The molecule has 0 fully saturated rings. The van der Waals surface area contributed by atoms with Gasteiger partial charge in [-0.15, -0.1) is 11.3 Å². The van der Waals surface area contributed by atoms with E-state index in [0.717, 1.165) is 10.9 Å². The normalized spacial score (nSPS) is 10.8. The Bertz CT molecular complexity index is 701. The van der Waals surface area contributed by atoms with Gasteiger partial charge in [0.25, 0.3) is 0 Å². The van der Waals surface area contributed by atoms with Crippen LogP contribution in [0.1, 0.15) is 5.56 Å². The van der Waals surface area contributed by atoms with Crippen molar-refractivity contribution in [1.82, 2.24) is 0 Å². The highest BCUT2D eigenvalue weighted by Gasteiger charge is 2.09. The van der Waals surface area contributed by atoms with E-state index < -0.39 is 11.6 Å². The van der Waals surface area contributed by atoms with Crippen LogP contribution < -0.4 is 5.32 Å². The maximum Gasteiger partial charge on any atom is 0.149 e. The summed E-state index contributed by atoms with van der Waals surface area (Å²) >= 11 is 1.63. The van der Waals surface area contributed by atoms with Crippen LogP contribution in [0.15, 0.2) is 47.8 Å². The summed E-state index contributed by atoms with van der Waals surface area (Å²) in [5.41, 5.74) is 0.973. The molecule has 1 heterocycles. The van der Waals surface area contributed by atoms with Gasteiger partial charge in [0.05, 0.1) is 0 Å². The molecule has 0 atom stereocenters. The Morgan fingerprint density at radius 2 is 1.68 bits per heavy atom. The van der Waals surface area contributed by atoms with Gasteiger partial charge in [0.1, 0.15) is 17.3 Å². The monoisotopic (exact) mass is 275 g/mol. The average molecular weight is 275 g/mol. The summed E-state index contributed by atoms with van der Waals surface area (Å²) in [6, 6.07) is 11.8. The second-order valence-electron chi connectivity index (χ2n) is 4.21. The Labute approximate surface area is 113 Å². The van der Waals surface area contributed by atoms with Crippen molar-refractivity contribution in [1.29, 1.82) is 0 Å². The third kappa shape index (κ3) is 2.31. The van der Waals surface area contributed by atoms with Crippen molar-refractivity contribution in [2.24, 2.45) is 0 Å². The smallest absolute Gasteiger partial charge is 0.149 e. The van der Waals surface area contributed by atoms with Gasteiger partial charge in [-0.1, -0.05) is 24.3 Å². The van der Waals surface area contributed by atoms with Gasteiger partial charge >= 0.3 is 0 Å². The molecule has 1 N–H and O–H groups in total. The van der Waals surface area contributed by atoms with Crippen molar-refractivity contribution in [2.75, 3.05) is 5.32 Å². The van der Waals surface area contributed by atoms with Crippen molar-refractivity contribution in [3.8, 4) is 0 Å². The van der Waals surface area contributed by atoms with Crippen LogP contribution in [0.25, 0.3) is 10.1 Å². The number of halogens is 2. The molecule has 0 aliphatic carbocycles. The van der Waals surface area contributed by atoms with E-state index in [9.17, 15) is 8.78 Å². The van der Waals surface area contributed by atoms with Crippen molar-refractivity contribution in [3.63, 3.8) is 0 Å². The van der Waals surface area contributed by atoms with Gasteiger partial charge in [-0.2, -0.15) is 0 Å². The van der Waals surface area contributed by atoms with Crippen LogP contribution in [-0.2, 0) is 6.54 Å². The molecule has 96 valence electrons. The van der Waals surface area contributed by atoms with Gasteiger partial charge in [-0.05, 0) is 34.5 Å². The molecule has 0 spiro atoms. The van der Waals surface area contributed by atoms with Crippen molar-refractivity contribution < 1.29 is 8.78 Å². The van der Waals surface area contributed by atoms with E-state index in [0.29, 0.717) is 6.54 Å². The highest BCUT2D eigenvalue weighted by molar-refractivity contribution is 7.17. The summed E-state index contributed by atoms with van der Waals surface area (Å²) in [5.74, 6) is -1.14. The van der Waals surface area contributed by atoms with Gasteiger partial charge < -0.3 is 5.32 Å². The van der Waals surface area contributed by atoms with E-state index >= 15 is 0 Å². The van der Waals surface area contributed by atoms with Crippen LogP contribution in [0, 0.1) is 11.6 Å². The van der Waals surface area contributed by atoms with E-state index in [2.05, 4.69) is 5.32 Å². The standard InChI is InChI=1S/C15H11F2NS/c16-12-5-3-6-13(17)15(12)18-8-10-9-19-14-7-2-1-4-11(10)14/h1-7,9,18H,8H2. The first kappa shape index (κ1) is 12.1. The van der Waals surface area contributed by atoms with Gasteiger partial charge in [0.15, 0.2) is 0 Å². The zero-order valence-electron chi connectivity index (χ0n) is 9.99. The highest BCUT2D eigenvalue weighted by atomic mass is 32.1. The topological polar surface area (TPSA) is 12.0 Å². The molecule has 2 aromatic carbocycles. The third-order valence-electron chi connectivity index (χ3n) is 2.98. The van der Waals surface area contributed by atoms with Crippen LogP contribution in [-0.4, -0.2) is 0 Å². The van der Waals surface area contributed by atoms with E-state index in [1.165, 1.54) is 22.9 Å². The fourth-order valence-electron chi connectivity index (χ4n) is 2.02. The van der Waals surface area contributed by atoms with E-state index in [1.807, 2.05) is 29.6 Å². The largest absolute Gasteiger partial charge is 0.376 e. The Hall–Kier alpha value is -1.94. The molecular formula is C15H11F2NS. The maximum atomic E-state index is 13.5.